The van der Waals surface area contributed by atoms with E-state index in [2.05, 4.69) is 15.2 Å². The maximum atomic E-state index is 12.3. The SMILES string of the molecule is Cc1cc(C(=O)NC2CCN([C@@H]3CCN(C)C3=O)CC2)ccn1. The number of likely N-dealkylation sites (N-methyl/N-ethyl adjacent to an activating group) is 1. The van der Waals surface area contributed by atoms with Crippen molar-refractivity contribution in [3.63, 3.8) is 0 Å². The van der Waals surface area contributed by atoms with Crippen LogP contribution in [0.2, 0.25) is 0 Å². The summed E-state index contributed by atoms with van der Waals surface area (Å²) < 4.78 is 0. The van der Waals surface area contributed by atoms with Gasteiger partial charge in [0, 0.05) is 50.2 Å². The molecule has 2 aliphatic heterocycles. The van der Waals surface area contributed by atoms with Crippen molar-refractivity contribution >= 4 is 11.8 Å². The summed E-state index contributed by atoms with van der Waals surface area (Å²) in [6.45, 7) is 4.46. The van der Waals surface area contributed by atoms with E-state index in [9.17, 15) is 9.59 Å². The Hall–Kier alpha value is -1.95. The van der Waals surface area contributed by atoms with Gasteiger partial charge in [-0.05, 0) is 38.3 Å². The lowest BCUT2D eigenvalue weighted by Gasteiger charge is -2.35. The summed E-state index contributed by atoms with van der Waals surface area (Å²) in [5.74, 6) is 0.199. The van der Waals surface area contributed by atoms with Gasteiger partial charge >= 0.3 is 0 Å². The van der Waals surface area contributed by atoms with E-state index >= 15 is 0 Å². The van der Waals surface area contributed by atoms with Crippen molar-refractivity contribution in [1.82, 2.24) is 20.1 Å². The van der Waals surface area contributed by atoms with Gasteiger partial charge in [-0.3, -0.25) is 19.5 Å². The summed E-state index contributed by atoms with van der Waals surface area (Å²) in [6.07, 6.45) is 4.37. The van der Waals surface area contributed by atoms with Crippen molar-refractivity contribution in [2.24, 2.45) is 0 Å². The van der Waals surface area contributed by atoms with E-state index in [1.54, 1.807) is 18.3 Å². The minimum Gasteiger partial charge on any atom is -0.349 e. The highest BCUT2D eigenvalue weighted by atomic mass is 16.2. The molecule has 2 saturated heterocycles. The van der Waals surface area contributed by atoms with Crippen molar-refractivity contribution in [3.8, 4) is 0 Å². The fourth-order valence-corrected chi connectivity index (χ4v) is 3.45. The first-order valence-electron chi connectivity index (χ1n) is 8.27. The number of nitrogens with one attached hydrogen (secondary N) is 1. The highest BCUT2D eigenvalue weighted by Gasteiger charge is 2.35. The van der Waals surface area contributed by atoms with Gasteiger partial charge in [0.2, 0.25) is 5.91 Å². The van der Waals surface area contributed by atoms with Crippen molar-refractivity contribution in [2.45, 2.75) is 38.3 Å². The number of pyridine rings is 1. The average molecular weight is 316 g/mol. The molecule has 1 aromatic heterocycles. The van der Waals surface area contributed by atoms with E-state index in [1.165, 1.54) is 0 Å². The number of aromatic nitrogens is 1. The Morgan fingerprint density at radius 2 is 2.00 bits per heavy atom. The molecule has 23 heavy (non-hydrogen) atoms. The van der Waals surface area contributed by atoms with Crippen LogP contribution in [0.3, 0.4) is 0 Å². The van der Waals surface area contributed by atoms with Gasteiger partial charge in [0.25, 0.3) is 5.91 Å². The number of likely N-dealkylation sites (tertiary alicyclic amines) is 2. The summed E-state index contributed by atoms with van der Waals surface area (Å²) in [4.78, 5) is 32.6. The van der Waals surface area contributed by atoms with E-state index in [-0.39, 0.29) is 23.9 Å². The summed E-state index contributed by atoms with van der Waals surface area (Å²) in [5.41, 5.74) is 1.50. The van der Waals surface area contributed by atoms with E-state index < -0.39 is 0 Å². The van der Waals surface area contributed by atoms with Gasteiger partial charge in [0.05, 0.1) is 6.04 Å². The highest BCUT2D eigenvalue weighted by molar-refractivity contribution is 5.94. The predicted molar refractivity (Wildman–Crippen MR) is 87.1 cm³/mol. The third-order valence-corrected chi connectivity index (χ3v) is 4.86. The summed E-state index contributed by atoms with van der Waals surface area (Å²) in [6, 6.07) is 3.77. The van der Waals surface area contributed by atoms with Gasteiger partial charge in [-0.25, -0.2) is 0 Å². The molecular formula is C17H24N4O2. The number of hydrogen-bond donors (Lipinski definition) is 1. The Labute approximate surface area is 136 Å². The second-order valence-electron chi connectivity index (χ2n) is 6.53. The number of rotatable bonds is 3. The molecule has 6 nitrogen and oxygen atoms in total. The average Bonchev–Trinajstić information content (AvgIpc) is 2.88. The smallest absolute Gasteiger partial charge is 0.251 e. The molecule has 0 unspecified atom stereocenters. The van der Waals surface area contributed by atoms with Crippen LogP contribution in [0.25, 0.3) is 0 Å². The Bertz CT molecular complexity index is 596. The number of piperidine rings is 1. The Morgan fingerprint density at radius 3 is 2.61 bits per heavy atom. The van der Waals surface area contributed by atoms with Crippen molar-refractivity contribution in [2.75, 3.05) is 26.7 Å². The van der Waals surface area contributed by atoms with Crippen LogP contribution in [0.4, 0.5) is 0 Å². The van der Waals surface area contributed by atoms with E-state index in [0.29, 0.717) is 5.56 Å². The molecule has 3 rings (SSSR count). The number of nitrogens with zero attached hydrogens (tertiary/aromatic N) is 3. The minimum atomic E-state index is -0.0365. The molecule has 2 fully saturated rings. The predicted octanol–water partition coefficient (Wildman–Crippen LogP) is 0.815. The molecule has 0 aliphatic carbocycles. The van der Waals surface area contributed by atoms with Crippen molar-refractivity contribution in [3.05, 3.63) is 29.6 Å². The molecule has 124 valence electrons. The number of hydrogen-bond acceptors (Lipinski definition) is 4. The van der Waals surface area contributed by atoms with Gasteiger partial charge in [-0.2, -0.15) is 0 Å². The molecular weight excluding hydrogens is 292 g/mol. The van der Waals surface area contributed by atoms with Crippen LogP contribution in [0.5, 0.6) is 0 Å². The second-order valence-corrected chi connectivity index (χ2v) is 6.53. The lowest BCUT2D eigenvalue weighted by atomic mass is 10.0. The Balaban J connectivity index is 1.51. The quantitative estimate of drug-likeness (QED) is 0.896. The first kappa shape index (κ1) is 15.9. The van der Waals surface area contributed by atoms with Crippen LogP contribution in [0, 0.1) is 6.92 Å². The number of carbonyl (C=O) groups excluding carboxylic acids is 2. The third kappa shape index (κ3) is 3.52. The molecule has 1 N–H and O–H groups in total. The molecule has 0 bridgehead atoms. The third-order valence-electron chi connectivity index (χ3n) is 4.86. The zero-order chi connectivity index (χ0) is 16.4. The van der Waals surface area contributed by atoms with Gasteiger partial charge < -0.3 is 10.2 Å². The van der Waals surface area contributed by atoms with Gasteiger partial charge in [-0.15, -0.1) is 0 Å². The Kier molecular flexibility index (Phi) is 4.61. The largest absolute Gasteiger partial charge is 0.349 e. The molecule has 0 saturated carbocycles. The van der Waals surface area contributed by atoms with Gasteiger partial charge in [-0.1, -0.05) is 0 Å². The molecule has 2 amide bonds. The lowest BCUT2D eigenvalue weighted by molar-refractivity contribution is -0.131. The van der Waals surface area contributed by atoms with Crippen LogP contribution in [-0.2, 0) is 4.79 Å². The fraction of sp³-hybridized carbons (Fsp3) is 0.588. The lowest BCUT2D eigenvalue weighted by Crippen LogP contribution is -2.50. The van der Waals surface area contributed by atoms with E-state index in [1.807, 2.05) is 18.9 Å². The topological polar surface area (TPSA) is 65.5 Å². The van der Waals surface area contributed by atoms with Crippen molar-refractivity contribution in [1.29, 1.82) is 0 Å². The fourth-order valence-electron chi connectivity index (χ4n) is 3.45. The molecule has 3 heterocycles. The Morgan fingerprint density at radius 1 is 1.26 bits per heavy atom. The maximum Gasteiger partial charge on any atom is 0.251 e. The van der Waals surface area contributed by atoms with Crippen LogP contribution >= 0.6 is 0 Å². The van der Waals surface area contributed by atoms with E-state index in [4.69, 9.17) is 0 Å². The number of carbonyl (C=O) groups is 2. The van der Waals surface area contributed by atoms with Gasteiger partial charge in [0.1, 0.15) is 0 Å². The zero-order valence-electron chi connectivity index (χ0n) is 13.8. The summed E-state index contributed by atoms with van der Waals surface area (Å²) >= 11 is 0. The van der Waals surface area contributed by atoms with Crippen LogP contribution < -0.4 is 5.32 Å². The van der Waals surface area contributed by atoms with Crippen molar-refractivity contribution < 1.29 is 9.59 Å². The van der Waals surface area contributed by atoms with Gasteiger partial charge in [0.15, 0.2) is 0 Å². The first-order chi connectivity index (χ1) is 11.0. The van der Waals surface area contributed by atoms with E-state index in [0.717, 1.165) is 44.6 Å². The molecule has 0 radical (unpaired) electrons. The monoisotopic (exact) mass is 316 g/mol. The van der Waals surface area contributed by atoms with Crippen LogP contribution in [0.1, 0.15) is 35.3 Å². The van der Waals surface area contributed by atoms with Crippen LogP contribution in [-0.4, -0.2) is 65.4 Å². The molecule has 1 aromatic rings. The number of amides is 2. The molecule has 1 atom stereocenters. The summed E-state index contributed by atoms with van der Waals surface area (Å²) in [7, 11) is 1.87. The second kappa shape index (κ2) is 6.66. The first-order valence-corrected chi connectivity index (χ1v) is 8.27. The highest BCUT2D eigenvalue weighted by Crippen LogP contribution is 2.21. The maximum absolute atomic E-state index is 12.3. The normalized spacial score (nSPS) is 23.3. The zero-order valence-corrected chi connectivity index (χ0v) is 13.8. The standard InChI is InChI=1S/C17H24N4O2/c1-12-11-13(3-7-18-12)16(22)19-14-4-9-21(10-5-14)15-6-8-20(2)17(15)23/h3,7,11,14-15H,4-6,8-10H2,1-2H3,(H,19,22)/t15-/m1/s1. The molecule has 6 heteroatoms. The minimum absolute atomic E-state index is 0.0365. The number of aryl methyl sites for hydroxylation is 1. The molecule has 0 spiro atoms. The molecule has 0 aromatic carbocycles. The summed E-state index contributed by atoms with van der Waals surface area (Å²) in [5, 5.41) is 3.10. The molecule has 2 aliphatic rings. The van der Waals surface area contributed by atoms with Crippen LogP contribution in [0.15, 0.2) is 18.3 Å².